The molecular formula is C15H19ClN4OS. The van der Waals surface area contributed by atoms with Crippen LogP contribution in [0.2, 0.25) is 0 Å². The maximum Gasteiger partial charge on any atom is 0.241 e. The van der Waals surface area contributed by atoms with Crippen LogP contribution in [0.25, 0.3) is 11.4 Å². The van der Waals surface area contributed by atoms with Crippen LogP contribution < -0.4 is 11.1 Å². The zero-order valence-electron chi connectivity index (χ0n) is 12.2. The van der Waals surface area contributed by atoms with E-state index in [1.54, 1.807) is 24.2 Å². The third-order valence-corrected chi connectivity index (χ3v) is 3.57. The highest BCUT2D eigenvalue weighted by atomic mass is 35.5. The van der Waals surface area contributed by atoms with Crippen molar-refractivity contribution in [3.8, 4) is 11.4 Å². The van der Waals surface area contributed by atoms with Gasteiger partial charge in [0.15, 0.2) is 5.82 Å². The molecule has 22 heavy (non-hydrogen) atoms. The van der Waals surface area contributed by atoms with Crippen molar-refractivity contribution in [2.24, 2.45) is 5.73 Å². The number of rotatable bonds is 6. The molecule has 0 saturated heterocycles. The van der Waals surface area contributed by atoms with E-state index in [4.69, 9.17) is 5.73 Å². The number of aromatic nitrogens is 2. The van der Waals surface area contributed by atoms with Gasteiger partial charge in [-0.15, -0.1) is 12.4 Å². The van der Waals surface area contributed by atoms with Crippen LogP contribution in [0, 0.1) is 0 Å². The van der Waals surface area contributed by atoms with Gasteiger partial charge in [0, 0.05) is 5.56 Å². The maximum absolute atomic E-state index is 11.9. The molecule has 3 N–H and O–H groups in total. The number of anilines is 1. The van der Waals surface area contributed by atoms with Crippen molar-refractivity contribution >= 4 is 35.8 Å². The summed E-state index contributed by atoms with van der Waals surface area (Å²) in [5, 5.41) is 2.73. The highest BCUT2D eigenvalue weighted by molar-refractivity contribution is 7.98. The first kappa shape index (κ1) is 18.4. The van der Waals surface area contributed by atoms with Gasteiger partial charge in [0.25, 0.3) is 0 Å². The maximum atomic E-state index is 11.9. The quantitative estimate of drug-likeness (QED) is 0.846. The summed E-state index contributed by atoms with van der Waals surface area (Å²) in [6, 6.07) is 9.16. The molecular weight excluding hydrogens is 320 g/mol. The number of halogens is 1. The number of nitrogens with two attached hydrogens (primary N) is 1. The van der Waals surface area contributed by atoms with Crippen molar-refractivity contribution in [2.75, 3.05) is 17.3 Å². The molecule has 0 aliphatic carbocycles. The van der Waals surface area contributed by atoms with Crippen LogP contribution in [-0.4, -0.2) is 33.9 Å². The van der Waals surface area contributed by atoms with E-state index in [0.29, 0.717) is 17.9 Å². The van der Waals surface area contributed by atoms with Gasteiger partial charge in [-0.25, -0.2) is 9.97 Å². The molecule has 0 aliphatic heterocycles. The van der Waals surface area contributed by atoms with E-state index in [-0.39, 0.29) is 18.3 Å². The minimum Gasteiger partial charge on any atom is -0.322 e. The molecule has 118 valence electrons. The number of carbonyl (C=O) groups excluding carboxylic acids is 1. The number of amides is 1. The minimum atomic E-state index is -0.508. The van der Waals surface area contributed by atoms with E-state index in [2.05, 4.69) is 15.3 Å². The van der Waals surface area contributed by atoms with E-state index in [9.17, 15) is 4.79 Å². The van der Waals surface area contributed by atoms with E-state index < -0.39 is 6.04 Å². The number of hydrogen-bond acceptors (Lipinski definition) is 5. The Hall–Kier alpha value is -1.63. The predicted octanol–water partition coefficient (Wildman–Crippen LogP) is 2.58. The fraction of sp³-hybridized carbons (Fsp3) is 0.267. The van der Waals surface area contributed by atoms with Gasteiger partial charge >= 0.3 is 0 Å². The molecule has 2 rings (SSSR count). The molecule has 0 radical (unpaired) electrons. The Bertz CT molecular complexity index is 580. The van der Waals surface area contributed by atoms with Gasteiger partial charge < -0.3 is 11.1 Å². The van der Waals surface area contributed by atoms with Crippen molar-refractivity contribution in [3.05, 3.63) is 42.7 Å². The Kier molecular flexibility index (Phi) is 7.87. The lowest BCUT2D eigenvalue weighted by Gasteiger charge is -2.11. The summed E-state index contributed by atoms with van der Waals surface area (Å²) in [7, 11) is 0. The third kappa shape index (κ3) is 5.29. The molecule has 2 aromatic rings. The number of thioether (sulfide) groups is 1. The van der Waals surface area contributed by atoms with Crippen molar-refractivity contribution in [2.45, 2.75) is 12.5 Å². The summed E-state index contributed by atoms with van der Waals surface area (Å²) >= 11 is 1.67. The van der Waals surface area contributed by atoms with E-state index in [1.165, 1.54) is 0 Å². The van der Waals surface area contributed by atoms with Crippen molar-refractivity contribution in [1.29, 1.82) is 0 Å². The number of benzene rings is 1. The van der Waals surface area contributed by atoms with E-state index in [0.717, 1.165) is 11.3 Å². The van der Waals surface area contributed by atoms with Crippen LogP contribution in [-0.2, 0) is 4.79 Å². The van der Waals surface area contributed by atoms with Gasteiger partial charge in [0.05, 0.1) is 24.1 Å². The van der Waals surface area contributed by atoms with Crippen molar-refractivity contribution in [1.82, 2.24) is 9.97 Å². The zero-order chi connectivity index (χ0) is 15.1. The molecule has 0 aliphatic rings. The first-order valence-corrected chi connectivity index (χ1v) is 8.03. The second kappa shape index (κ2) is 9.40. The first-order valence-electron chi connectivity index (χ1n) is 6.63. The largest absolute Gasteiger partial charge is 0.322 e. The molecule has 1 atom stereocenters. The fourth-order valence-electron chi connectivity index (χ4n) is 1.74. The third-order valence-electron chi connectivity index (χ3n) is 2.92. The van der Waals surface area contributed by atoms with Gasteiger partial charge in [0.1, 0.15) is 0 Å². The van der Waals surface area contributed by atoms with Crippen molar-refractivity contribution in [3.63, 3.8) is 0 Å². The smallest absolute Gasteiger partial charge is 0.241 e. The van der Waals surface area contributed by atoms with Crippen LogP contribution in [0.3, 0.4) is 0 Å². The first-order chi connectivity index (χ1) is 10.2. The lowest BCUT2D eigenvalue weighted by molar-refractivity contribution is -0.117. The number of hydrogen-bond donors (Lipinski definition) is 2. The summed E-state index contributed by atoms with van der Waals surface area (Å²) in [6.45, 7) is 0. The lowest BCUT2D eigenvalue weighted by Crippen LogP contribution is -2.36. The van der Waals surface area contributed by atoms with E-state index >= 15 is 0 Å². The van der Waals surface area contributed by atoms with Gasteiger partial charge in [-0.2, -0.15) is 11.8 Å². The molecule has 1 aromatic heterocycles. The number of nitrogens with one attached hydrogen (secondary N) is 1. The molecule has 0 spiro atoms. The van der Waals surface area contributed by atoms with Gasteiger partial charge in [0.2, 0.25) is 5.91 Å². The second-order valence-electron chi connectivity index (χ2n) is 4.54. The summed E-state index contributed by atoms with van der Waals surface area (Å²) < 4.78 is 0. The zero-order valence-corrected chi connectivity index (χ0v) is 13.9. The topological polar surface area (TPSA) is 80.9 Å². The van der Waals surface area contributed by atoms with Crippen LogP contribution >= 0.6 is 24.2 Å². The Balaban J connectivity index is 0.00000242. The summed E-state index contributed by atoms with van der Waals surface area (Å²) in [6.07, 6.45) is 5.82. The normalized spacial score (nSPS) is 11.4. The number of nitrogens with zero attached hydrogens (tertiary/aromatic N) is 2. The monoisotopic (exact) mass is 338 g/mol. The molecule has 0 bridgehead atoms. The van der Waals surface area contributed by atoms with Crippen LogP contribution in [0.5, 0.6) is 0 Å². The average molecular weight is 339 g/mol. The molecule has 1 heterocycles. The molecule has 1 amide bonds. The van der Waals surface area contributed by atoms with Crippen molar-refractivity contribution < 1.29 is 4.79 Å². The molecule has 7 heteroatoms. The Morgan fingerprint density at radius 3 is 2.50 bits per heavy atom. The Morgan fingerprint density at radius 1 is 1.27 bits per heavy atom. The molecule has 0 saturated carbocycles. The van der Waals surface area contributed by atoms with Gasteiger partial charge in [-0.05, 0) is 18.4 Å². The lowest BCUT2D eigenvalue weighted by atomic mass is 10.2. The molecule has 0 unspecified atom stereocenters. The highest BCUT2D eigenvalue weighted by Gasteiger charge is 2.13. The molecule has 0 fully saturated rings. The summed E-state index contributed by atoms with van der Waals surface area (Å²) in [4.78, 5) is 20.4. The summed E-state index contributed by atoms with van der Waals surface area (Å²) in [5.41, 5.74) is 7.30. The van der Waals surface area contributed by atoms with E-state index in [1.807, 2.05) is 36.6 Å². The van der Waals surface area contributed by atoms with Crippen LogP contribution in [0.1, 0.15) is 6.42 Å². The molecule has 1 aromatic carbocycles. The Labute approximate surface area is 140 Å². The average Bonchev–Trinajstić information content (AvgIpc) is 2.54. The van der Waals surface area contributed by atoms with Crippen LogP contribution in [0.4, 0.5) is 5.69 Å². The molecule has 5 nitrogen and oxygen atoms in total. The minimum absolute atomic E-state index is 0. The fourth-order valence-corrected chi connectivity index (χ4v) is 2.23. The van der Waals surface area contributed by atoms with Gasteiger partial charge in [-0.1, -0.05) is 30.3 Å². The second-order valence-corrected chi connectivity index (χ2v) is 5.52. The standard InChI is InChI=1S/C15H18N4OS.ClH/c1-21-8-7-13(16)15(20)19-12-9-17-14(18-10-12)11-5-3-2-4-6-11;/h2-6,9-10,13H,7-8,16H2,1H3,(H,19,20);1H/t13-;/m0./s1. The predicted molar refractivity (Wildman–Crippen MR) is 94.3 cm³/mol. The Morgan fingerprint density at radius 2 is 1.91 bits per heavy atom. The SMILES string of the molecule is CSCC[C@H](N)C(=O)Nc1cnc(-c2ccccc2)nc1.Cl. The van der Waals surface area contributed by atoms with Gasteiger partial charge in [-0.3, -0.25) is 4.79 Å². The summed E-state index contributed by atoms with van der Waals surface area (Å²) in [5.74, 6) is 1.28. The number of carbonyl (C=O) groups is 1. The highest BCUT2D eigenvalue weighted by Crippen LogP contribution is 2.15. The van der Waals surface area contributed by atoms with Crippen LogP contribution in [0.15, 0.2) is 42.7 Å².